The lowest BCUT2D eigenvalue weighted by atomic mass is 9.83. The fraction of sp³-hybridized carbons (Fsp3) is 0.111. The molecule has 3 aromatic carbocycles. The molecule has 1 aromatic heterocycles. The van der Waals surface area contributed by atoms with Crippen molar-refractivity contribution in [3.63, 3.8) is 0 Å². The van der Waals surface area contributed by atoms with E-state index in [-0.39, 0.29) is 23.0 Å². The zero-order chi connectivity index (χ0) is 24.7. The van der Waals surface area contributed by atoms with Crippen LogP contribution in [0.5, 0.6) is 17.2 Å². The van der Waals surface area contributed by atoms with E-state index in [0.29, 0.717) is 33.2 Å². The van der Waals surface area contributed by atoms with E-state index in [1.807, 2.05) is 24.3 Å². The van der Waals surface area contributed by atoms with Crippen LogP contribution in [0.2, 0.25) is 5.02 Å². The van der Waals surface area contributed by atoms with Crippen LogP contribution in [0.4, 0.5) is 0 Å². The number of nitrogens with two attached hydrogens (primary N) is 1. The highest BCUT2D eigenvalue weighted by Gasteiger charge is 2.31. The van der Waals surface area contributed by atoms with Gasteiger partial charge in [0.05, 0.1) is 13.0 Å². The SMILES string of the molecule is COc1cccc(C2C(C#N)=C(N)Oc3cc(OC(=O)c4oc5ccc(Cl)cc5c4C)ccc32)c1. The Kier molecular flexibility index (Phi) is 5.59. The summed E-state index contributed by atoms with van der Waals surface area (Å²) in [6, 6.07) is 19.6. The molecule has 4 aromatic rings. The number of furan rings is 1. The third-order valence-corrected chi connectivity index (χ3v) is 6.15. The standard InChI is InChI=1S/C27H19ClN2O5/c1-14-20-11-16(28)6-9-22(20)34-25(14)27(31)33-18-7-8-19-23(12-18)35-26(30)21(13-29)24(19)15-4-3-5-17(10-15)32-2/h3-12,24H,30H2,1-2H3. The Bertz CT molecular complexity index is 1560. The molecule has 0 amide bonds. The van der Waals surface area contributed by atoms with Gasteiger partial charge in [-0.3, -0.25) is 0 Å². The molecule has 2 N–H and O–H groups in total. The van der Waals surface area contributed by atoms with Gasteiger partial charge in [-0.2, -0.15) is 5.26 Å². The molecule has 8 heteroatoms. The number of methoxy groups -OCH3 is 1. The Morgan fingerprint density at radius 2 is 1.94 bits per heavy atom. The van der Waals surface area contributed by atoms with E-state index in [1.165, 1.54) is 0 Å². The first-order valence-corrected chi connectivity index (χ1v) is 11.0. The summed E-state index contributed by atoms with van der Waals surface area (Å²) in [7, 11) is 1.57. The number of rotatable bonds is 4. The first-order valence-electron chi connectivity index (χ1n) is 10.7. The van der Waals surface area contributed by atoms with Gasteiger partial charge in [0.2, 0.25) is 11.6 Å². The maximum atomic E-state index is 12.9. The van der Waals surface area contributed by atoms with Crippen molar-refractivity contribution < 1.29 is 23.4 Å². The zero-order valence-corrected chi connectivity index (χ0v) is 19.6. The van der Waals surface area contributed by atoms with Crippen molar-refractivity contribution >= 4 is 28.5 Å². The van der Waals surface area contributed by atoms with E-state index in [4.69, 9.17) is 36.0 Å². The fourth-order valence-electron chi connectivity index (χ4n) is 4.20. The van der Waals surface area contributed by atoms with Crippen LogP contribution in [0.15, 0.2) is 76.5 Å². The molecular formula is C27H19ClN2O5. The van der Waals surface area contributed by atoms with Crippen molar-refractivity contribution in [1.82, 2.24) is 0 Å². The van der Waals surface area contributed by atoms with Crippen molar-refractivity contribution in [2.24, 2.45) is 5.73 Å². The summed E-state index contributed by atoms with van der Waals surface area (Å²) in [5.41, 5.74) is 9.06. The summed E-state index contributed by atoms with van der Waals surface area (Å²) in [4.78, 5) is 12.9. The summed E-state index contributed by atoms with van der Waals surface area (Å²) in [6.45, 7) is 1.77. The number of ether oxygens (including phenoxy) is 3. The predicted molar refractivity (Wildman–Crippen MR) is 130 cm³/mol. The summed E-state index contributed by atoms with van der Waals surface area (Å²) in [5, 5.41) is 11.0. The number of aryl methyl sites for hydroxylation is 1. The van der Waals surface area contributed by atoms with E-state index < -0.39 is 11.9 Å². The molecule has 0 bridgehead atoms. The quantitative estimate of drug-likeness (QED) is 0.285. The van der Waals surface area contributed by atoms with Crippen molar-refractivity contribution in [2.75, 3.05) is 7.11 Å². The van der Waals surface area contributed by atoms with Crippen LogP contribution in [-0.2, 0) is 0 Å². The van der Waals surface area contributed by atoms with Gasteiger partial charge >= 0.3 is 5.97 Å². The molecule has 35 heavy (non-hydrogen) atoms. The second kappa shape index (κ2) is 8.75. The highest BCUT2D eigenvalue weighted by atomic mass is 35.5. The largest absolute Gasteiger partial charge is 0.497 e. The van der Waals surface area contributed by atoms with Crippen molar-refractivity contribution in [2.45, 2.75) is 12.8 Å². The monoisotopic (exact) mass is 486 g/mol. The Morgan fingerprint density at radius 1 is 1.11 bits per heavy atom. The second-order valence-corrected chi connectivity index (χ2v) is 8.42. The summed E-state index contributed by atoms with van der Waals surface area (Å²) in [6.07, 6.45) is 0. The van der Waals surface area contributed by atoms with E-state index in [0.717, 1.165) is 10.9 Å². The lowest BCUT2D eigenvalue weighted by molar-refractivity contribution is 0.0702. The maximum absolute atomic E-state index is 12.9. The summed E-state index contributed by atoms with van der Waals surface area (Å²) >= 11 is 6.07. The molecule has 1 aliphatic heterocycles. The Balaban J connectivity index is 1.49. The number of nitrogens with zero attached hydrogens (tertiary/aromatic N) is 1. The average Bonchev–Trinajstić information content (AvgIpc) is 3.18. The van der Waals surface area contributed by atoms with Crippen LogP contribution in [0.3, 0.4) is 0 Å². The number of esters is 1. The van der Waals surface area contributed by atoms with Gasteiger partial charge in [0, 0.05) is 27.6 Å². The van der Waals surface area contributed by atoms with Gasteiger partial charge in [-0.1, -0.05) is 29.8 Å². The average molecular weight is 487 g/mol. The van der Waals surface area contributed by atoms with Crippen LogP contribution < -0.4 is 19.9 Å². The molecule has 2 heterocycles. The third kappa shape index (κ3) is 3.94. The molecule has 0 aliphatic carbocycles. The van der Waals surface area contributed by atoms with Gasteiger partial charge in [0.25, 0.3) is 0 Å². The number of fused-ring (bicyclic) bond motifs is 2. The fourth-order valence-corrected chi connectivity index (χ4v) is 4.38. The second-order valence-electron chi connectivity index (χ2n) is 7.99. The third-order valence-electron chi connectivity index (χ3n) is 5.91. The number of benzene rings is 3. The first-order chi connectivity index (χ1) is 16.9. The van der Waals surface area contributed by atoms with Gasteiger partial charge in [-0.15, -0.1) is 0 Å². The Morgan fingerprint density at radius 3 is 2.71 bits per heavy atom. The molecule has 1 unspecified atom stereocenters. The minimum absolute atomic E-state index is 0.0127. The topological polar surface area (TPSA) is 108 Å². The molecule has 0 saturated heterocycles. The molecule has 5 rings (SSSR count). The number of allylic oxidation sites excluding steroid dienone is 1. The van der Waals surface area contributed by atoms with Crippen LogP contribution in [-0.4, -0.2) is 13.1 Å². The van der Waals surface area contributed by atoms with Crippen molar-refractivity contribution in [3.05, 3.63) is 99.6 Å². The molecule has 1 aliphatic rings. The molecule has 0 radical (unpaired) electrons. The predicted octanol–water partition coefficient (Wildman–Crippen LogP) is 5.84. The molecular weight excluding hydrogens is 468 g/mol. The van der Waals surface area contributed by atoms with E-state index in [9.17, 15) is 10.1 Å². The lowest BCUT2D eigenvalue weighted by Gasteiger charge is -2.27. The molecule has 0 fully saturated rings. The normalized spacial score (nSPS) is 14.7. The smallest absolute Gasteiger partial charge is 0.379 e. The van der Waals surface area contributed by atoms with Crippen LogP contribution >= 0.6 is 11.6 Å². The molecule has 174 valence electrons. The maximum Gasteiger partial charge on any atom is 0.379 e. The number of hydrogen-bond acceptors (Lipinski definition) is 7. The van der Waals surface area contributed by atoms with E-state index >= 15 is 0 Å². The Hall–Kier alpha value is -4.41. The number of nitriles is 1. The minimum atomic E-state index is -0.656. The molecule has 1 atom stereocenters. The van der Waals surface area contributed by atoms with Crippen LogP contribution in [0.25, 0.3) is 11.0 Å². The number of carbonyl (C=O) groups is 1. The van der Waals surface area contributed by atoms with Gasteiger partial charge < -0.3 is 24.4 Å². The van der Waals surface area contributed by atoms with Crippen molar-refractivity contribution in [3.8, 4) is 23.3 Å². The molecule has 0 spiro atoms. The molecule has 0 saturated carbocycles. The first kappa shape index (κ1) is 22.4. The highest BCUT2D eigenvalue weighted by molar-refractivity contribution is 6.31. The van der Waals surface area contributed by atoms with E-state index in [2.05, 4.69) is 6.07 Å². The molecule has 7 nitrogen and oxygen atoms in total. The number of halogens is 1. The van der Waals surface area contributed by atoms with Gasteiger partial charge in [0.1, 0.15) is 34.5 Å². The van der Waals surface area contributed by atoms with E-state index in [1.54, 1.807) is 50.4 Å². The lowest BCUT2D eigenvalue weighted by Crippen LogP contribution is -2.21. The van der Waals surface area contributed by atoms with Crippen molar-refractivity contribution in [1.29, 1.82) is 5.26 Å². The van der Waals surface area contributed by atoms with Gasteiger partial charge in [0.15, 0.2) is 0 Å². The number of hydrogen-bond donors (Lipinski definition) is 1. The van der Waals surface area contributed by atoms with Gasteiger partial charge in [-0.05, 0) is 48.9 Å². The number of carbonyl (C=O) groups excluding carboxylic acids is 1. The summed E-state index contributed by atoms with van der Waals surface area (Å²) < 4.78 is 22.4. The zero-order valence-electron chi connectivity index (χ0n) is 18.8. The van der Waals surface area contributed by atoms with Gasteiger partial charge in [-0.25, -0.2) is 4.79 Å². The Labute approximate surface area is 205 Å². The minimum Gasteiger partial charge on any atom is -0.497 e. The van der Waals surface area contributed by atoms with Crippen LogP contribution in [0, 0.1) is 18.3 Å². The summed E-state index contributed by atoms with van der Waals surface area (Å²) in [5.74, 6) is 0.223. The highest BCUT2D eigenvalue weighted by Crippen LogP contribution is 2.44. The van der Waals surface area contributed by atoms with Crippen LogP contribution in [0.1, 0.15) is 33.2 Å².